The van der Waals surface area contributed by atoms with Crippen molar-refractivity contribution in [2.45, 2.75) is 18.5 Å². The number of aliphatic carboxylic acids is 1. The molecule has 0 aromatic heterocycles. The Kier molecular flexibility index (Phi) is 2.83. The third-order valence-electron chi connectivity index (χ3n) is 2.00. The molecule has 72 valence electrons. The first kappa shape index (κ1) is 9.92. The Bertz CT molecular complexity index is 270. The summed E-state index contributed by atoms with van der Waals surface area (Å²) in [6.07, 6.45) is 3.80. The number of allylic oxidation sites excluding steroid dienone is 2. The van der Waals surface area contributed by atoms with Crippen LogP contribution in [0.15, 0.2) is 23.8 Å². The maximum Gasteiger partial charge on any atom is 0.335 e. The lowest BCUT2D eigenvalue weighted by atomic mass is 9.91. The van der Waals surface area contributed by atoms with Crippen LogP contribution in [0.2, 0.25) is 0 Å². The van der Waals surface area contributed by atoms with Crippen molar-refractivity contribution in [3.63, 3.8) is 0 Å². The number of rotatable bonds is 3. The van der Waals surface area contributed by atoms with Crippen molar-refractivity contribution in [3.05, 3.63) is 23.8 Å². The van der Waals surface area contributed by atoms with Gasteiger partial charge in [-0.25, -0.2) is 9.18 Å². The van der Waals surface area contributed by atoms with Gasteiger partial charge in [0, 0.05) is 19.4 Å². The van der Waals surface area contributed by atoms with E-state index >= 15 is 0 Å². The lowest BCUT2D eigenvalue weighted by Gasteiger charge is -2.21. The Morgan fingerprint density at radius 3 is 2.77 bits per heavy atom. The van der Waals surface area contributed by atoms with Crippen molar-refractivity contribution in [2.24, 2.45) is 0 Å². The van der Waals surface area contributed by atoms with E-state index in [1.807, 2.05) is 0 Å². The number of carbonyl (C=O) groups is 1. The van der Waals surface area contributed by atoms with Crippen LogP contribution in [0.25, 0.3) is 0 Å². The second-order valence-corrected chi connectivity index (χ2v) is 3.01. The van der Waals surface area contributed by atoms with E-state index in [1.165, 1.54) is 18.2 Å². The largest absolute Gasteiger partial charge is 0.478 e. The molecule has 1 aliphatic rings. The number of hydrogen-bond acceptors (Lipinski definition) is 2. The van der Waals surface area contributed by atoms with E-state index in [0.717, 1.165) is 0 Å². The van der Waals surface area contributed by atoms with Gasteiger partial charge >= 0.3 is 5.97 Å². The van der Waals surface area contributed by atoms with Gasteiger partial charge in [-0.2, -0.15) is 0 Å². The van der Waals surface area contributed by atoms with Gasteiger partial charge in [0.1, 0.15) is 5.67 Å². The molecule has 0 radical (unpaired) electrons. The van der Waals surface area contributed by atoms with E-state index in [9.17, 15) is 9.18 Å². The molecule has 1 aliphatic carbocycles. The minimum absolute atomic E-state index is 0.00684. The Morgan fingerprint density at radius 1 is 1.69 bits per heavy atom. The predicted octanol–water partition coefficient (Wildman–Crippen LogP) is 1.05. The molecule has 0 amide bonds. The van der Waals surface area contributed by atoms with Gasteiger partial charge in [0.15, 0.2) is 0 Å². The van der Waals surface area contributed by atoms with Crippen molar-refractivity contribution >= 4 is 5.97 Å². The van der Waals surface area contributed by atoms with Crippen LogP contribution in [0.3, 0.4) is 0 Å². The highest BCUT2D eigenvalue weighted by Gasteiger charge is 2.27. The summed E-state index contributed by atoms with van der Waals surface area (Å²) in [6, 6.07) is 0. The minimum Gasteiger partial charge on any atom is -0.478 e. The molecule has 1 rings (SSSR count). The Balaban J connectivity index is 2.67. The van der Waals surface area contributed by atoms with Gasteiger partial charge in [-0.15, -0.1) is 0 Å². The molecule has 0 aliphatic heterocycles. The standard InChI is InChI=1S/C9H11FO3/c10-9(5-6-11)3-1-7(2-4-9)8(12)13/h1-3,11H,4-6H2,(H,12,13). The first-order valence-corrected chi connectivity index (χ1v) is 4.00. The van der Waals surface area contributed by atoms with Crippen molar-refractivity contribution in [1.29, 1.82) is 0 Å². The van der Waals surface area contributed by atoms with Gasteiger partial charge in [0.2, 0.25) is 0 Å². The van der Waals surface area contributed by atoms with Crippen LogP contribution < -0.4 is 0 Å². The summed E-state index contributed by atoms with van der Waals surface area (Å²) >= 11 is 0. The molecular weight excluding hydrogens is 175 g/mol. The van der Waals surface area contributed by atoms with Gasteiger partial charge in [0.05, 0.1) is 5.57 Å². The van der Waals surface area contributed by atoms with E-state index in [0.29, 0.717) is 0 Å². The molecule has 4 heteroatoms. The number of carboxylic acids is 1. The number of carboxylic acid groups (broad SMARTS) is 1. The van der Waals surface area contributed by atoms with Gasteiger partial charge in [-0.1, -0.05) is 6.08 Å². The summed E-state index contributed by atoms with van der Waals surface area (Å²) < 4.78 is 13.5. The highest BCUT2D eigenvalue weighted by molar-refractivity contribution is 5.90. The zero-order valence-electron chi connectivity index (χ0n) is 7.03. The van der Waals surface area contributed by atoms with Crippen molar-refractivity contribution in [1.82, 2.24) is 0 Å². The zero-order valence-corrected chi connectivity index (χ0v) is 7.03. The smallest absolute Gasteiger partial charge is 0.335 e. The summed E-state index contributed by atoms with van der Waals surface area (Å²) in [5, 5.41) is 17.1. The van der Waals surface area contributed by atoms with Crippen molar-refractivity contribution < 1.29 is 19.4 Å². The molecule has 13 heavy (non-hydrogen) atoms. The SMILES string of the molecule is O=C(O)C1=CCC(F)(CCO)C=C1. The van der Waals surface area contributed by atoms with E-state index < -0.39 is 11.6 Å². The first-order valence-electron chi connectivity index (χ1n) is 4.00. The average Bonchev–Trinajstić information content (AvgIpc) is 2.05. The van der Waals surface area contributed by atoms with Crippen LogP contribution in [0.5, 0.6) is 0 Å². The normalized spacial score (nSPS) is 27.1. The molecule has 2 N–H and O–H groups in total. The van der Waals surface area contributed by atoms with Crippen LogP contribution in [0.1, 0.15) is 12.8 Å². The number of alkyl halides is 1. The average molecular weight is 186 g/mol. The van der Waals surface area contributed by atoms with Gasteiger partial charge in [-0.05, 0) is 12.2 Å². The fourth-order valence-corrected chi connectivity index (χ4v) is 1.18. The summed E-state index contributed by atoms with van der Waals surface area (Å²) in [7, 11) is 0. The van der Waals surface area contributed by atoms with Gasteiger partial charge < -0.3 is 10.2 Å². The number of hydrogen-bond donors (Lipinski definition) is 2. The van der Waals surface area contributed by atoms with E-state index in [2.05, 4.69) is 0 Å². The van der Waals surface area contributed by atoms with Crippen LogP contribution >= 0.6 is 0 Å². The van der Waals surface area contributed by atoms with Crippen molar-refractivity contribution in [2.75, 3.05) is 6.61 Å². The molecule has 0 spiro atoms. The van der Waals surface area contributed by atoms with E-state index in [4.69, 9.17) is 10.2 Å². The topological polar surface area (TPSA) is 57.5 Å². The molecule has 0 saturated carbocycles. The summed E-state index contributed by atoms with van der Waals surface area (Å²) in [5.41, 5.74) is -1.47. The molecule has 0 aromatic carbocycles. The fraction of sp³-hybridized carbons (Fsp3) is 0.444. The molecule has 0 heterocycles. The molecule has 0 fully saturated rings. The fourth-order valence-electron chi connectivity index (χ4n) is 1.18. The number of aliphatic hydroxyl groups is 1. The molecule has 1 atom stereocenters. The quantitative estimate of drug-likeness (QED) is 0.692. The summed E-state index contributed by atoms with van der Waals surface area (Å²) in [5.74, 6) is -1.05. The van der Waals surface area contributed by atoms with Crippen molar-refractivity contribution in [3.8, 4) is 0 Å². The van der Waals surface area contributed by atoms with Crippen LogP contribution in [0.4, 0.5) is 4.39 Å². The van der Waals surface area contributed by atoms with Gasteiger partial charge in [0.25, 0.3) is 0 Å². The Labute approximate surface area is 75.2 Å². The van der Waals surface area contributed by atoms with Crippen LogP contribution in [0, 0.1) is 0 Å². The minimum atomic E-state index is -1.58. The highest BCUT2D eigenvalue weighted by atomic mass is 19.1. The predicted molar refractivity (Wildman–Crippen MR) is 45.0 cm³/mol. The van der Waals surface area contributed by atoms with E-state index in [1.54, 1.807) is 0 Å². The number of halogens is 1. The van der Waals surface area contributed by atoms with Gasteiger partial charge in [-0.3, -0.25) is 0 Å². The second-order valence-electron chi connectivity index (χ2n) is 3.01. The molecule has 1 unspecified atom stereocenters. The summed E-state index contributed by atoms with van der Waals surface area (Å²) in [6.45, 7) is -0.239. The Hall–Kier alpha value is -1.16. The first-order chi connectivity index (χ1) is 6.07. The van der Waals surface area contributed by atoms with Crippen LogP contribution in [-0.4, -0.2) is 28.5 Å². The molecule has 0 aromatic rings. The second kappa shape index (κ2) is 3.70. The maximum atomic E-state index is 13.5. The monoisotopic (exact) mass is 186 g/mol. The highest BCUT2D eigenvalue weighted by Crippen LogP contribution is 2.28. The third kappa shape index (κ3) is 2.39. The van der Waals surface area contributed by atoms with E-state index in [-0.39, 0.29) is 25.0 Å². The lowest BCUT2D eigenvalue weighted by molar-refractivity contribution is -0.132. The third-order valence-corrected chi connectivity index (χ3v) is 2.00. The van der Waals surface area contributed by atoms with Crippen LogP contribution in [-0.2, 0) is 4.79 Å². The molecule has 0 bridgehead atoms. The summed E-state index contributed by atoms with van der Waals surface area (Å²) in [4.78, 5) is 10.4. The Morgan fingerprint density at radius 2 is 2.38 bits per heavy atom. The maximum absolute atomic E-state index is 13.5. The molecule has 0 saturated heterocycles. The zero-order chi connectivity index (χ0) is 9.90. The molecular formula is C9H11FO3. The number of aliphatic hydroxyl groups excluding tert-OH is 1. The molecule has 3 nitrogen and oxygen atoms in total. The lowest BCUT2D eigenvalue weighted by Crippen LogP contribution is -2.23.